The van der Waals surface area contributed by atoms with Crippen LogP contribution in [0.3, 0.4) is 0 Å². The smallest absolute Gasteiger partial charge is 0.252 e. The van der Waals surface area contributed by atoms with Crippen molar-refractivity contribution in [2.75, 3.05) is 139 Å². The van der Waals surface area contributed by atoms with Crippen LogP contribution in [0.2, 0.25) is 10.0 Å². The Kier molecular flexibility index (Phi) is 26.2. The van der Waals surface area contributed by atoms with Gasteiger partial charge in [-0.2, -0.15) is 0 Å². The van der Waals surface area contributed by atoms with Gasteiger partial charge in [-0.1, -0.05) is 47.5 Å². The maximum Gasteiger partial charge on any atom is 0.252 e. The van der Waals surface area contributed by atoms with Crippen LogP contribution in [0.1, 0.15) is 46.9 Å². The lowest BCUT2D eigenvalue weighted by molar-refractivity contribution is -0.146. The minimum Gasteiger partial charge on any atom is -0.387 e. The normalized spacial score (nSPS) is 22.7. The third-order valence-corrected chi connectivity index (χ3v) is 18.2. The van der Waals surface area contributed by atoms with Crippen molar-refractivity contribution in [2.24, 2.45) is 5.92 Å². The van der Waals surface area contributed by atoms with Crippen molar-refractivity contribution in [2.45, 2.75) is 69.6 Å². The molecule has 0 spiro atoms. The number of halogens is 4. The summed E-state index contributed by atoms with van der Waals surface area (Å²) in [6, 6.07) is 17.2. The summed E-state index contributed by atoms with van der Waals surface area (Å²) in [5, 5.41) is 37.1. The second kappa shape index (κ2) is 31.7. The zero-order chi connectivity index (χ0) is 57.2. The van der Waals surface area contributed by atoms with E-state index in [1.54, 1.807) is 36.4 Å². The first kappa shape index (κ1) is 65.3. The third kappa shape index (κ3) is 19.3. The molecule has 8 unspecified atom stereocenters. The molecule has 3 aliphatic rings. The Morgan fingerprint density at radius 2 is 1.11 bits per heavy atom. The Bertz CT molecular complexity index is 2670. The molecule has 2 aliphatic heterocycles. The second-order valence-corrected chi connectivity index (χ2v) is 25.2. The Morgan fingerprint density at radius 3 is 1.63 bits per heavy atom. The number of amides is 2. The van der Waals surface area contributed by atoms with E-state index in [1.165, 1.54) is 6.07 Å². The van der Waals surface area contributed by atoms with E-state index in [2.05, 4.69) is 25.0 Å². The van der Waals surface area contributed by atoms with Gasteiger partial charge in [-0.05, 0) is 91.5 Å². The number of alkyl halides is 2. The molecule has 3 aromatic rings. The SMILES string of the molecule is CN1Cc2c(Cl)cc(Cl)cc2C(c2cccc(S(=O)(=O)NCCOCCOCCOCCNC(=O)C(O)C(O)C(=O)NCCOCCOCCOCCNS(=O)(=O)c3cccc(C4CN(C)CC5(O)C(Cl)CC(Cl)CC45)c3)c2)C1. The molecular weight excluding hydrogens is 1150 g/mol. The number of hydrogen-bond donors (Lipinski definition) is 7. The van der Waals surface area contributed by atoms with Crippen LogP contribution in [-0.2, 0) is 64.6 Å². The van der Waals surface area contributed by atoms with Crippen molar-refractivity contribution < 1.29 is 70.2 Å². The van der Waals surface area contributed by atoms with E-state index in [-0.39, 0.29) is 138 Å². The zero-order valence-electron chi connectivity index (χ0n) is 44.3. The van der Waals surface area contributed by atoms with Gasteiger partial charge in [0.05, 0.1) is 100 Å². The fourth-order valence-corrected chi connectivity index (χ4v) is 13.6. The average molecular weight is 1230 g/mol. The number of rotatable bonds is 33. The molecule has 0 bridgehead atoms. The predicted octanol–water partition coefficient (Wildman–Crippen LogP) is 2.27. The molecule has 2 amide bonds. The van der Waals surface area contributed by atoms with Crippen LogP contribution in [-0.4, -0.2) is 222 Å². The predicted molar refractivity (Wildman–Crippen MR) is 298 cm³/mol. The number of aliphatic hydroxyl groups is 3. The van der Waals surface area contributed by atoms with Crippen LogP contribution in [0.15, 0.2) is 70.5 Å². The Morgan fingerprint density at radius 1 is 0.646 bits per heavy atom. The van der Waals surface area contributed by atoms with Crippen molar-refractivity contribution in [3.05, 3.63) is 93.0 Å². The van der Waals surface area contributed by atoms with Gasteiger partial charge in [-0.25, -0.2) is 26.3 Å². The molecule has 2 fully saturated rings. The molecule has 27 heteroatoms. The van der Waals surface area contributed by atoms with Crippen LogP contribution in [0.25, 0.3) is 0 Å². The number of β-amino-alcohol motifs (C(OH)–C–C–N with tert-alkyl or cyclic N) is 1. The minimum atomic E-state index is -3.86. The number of likely N-dealkylation sites (N-methyl/N-ethyl adjacent to an activating group) is 2. The molecule has 0 aromatic heterocycles. The summed E-state index contributed by atoms with van der Waals surface area (Å²) in [4.78, 5) is 29.0. The van der Waals surface area contributed by atoms with E-state index < -0.39 is 55.0 Å². The number of benzene rings is 3. The lowest BCUT2D eigenvalue weighted by Gasteiger charge is -2.54. The van der Waals surface area contributed by atoms with Gasteiger partial charge in [0.15, 0.2) is 12.2 Å². The summed E-state index contributed by atoms with van der Waals surface area (Å²) in [6.45, 7) is 4.42. The first-order valence-electron chi connectivity index (χ1n) is 26.1. The summed E-state index contributed by atoms with van der Waals surface area (Å²) in [5.41, 5.74) is 2.44. The summed E-state index contributed by atoms with van der Waals surface area (Å²) >= 11 is 26.0. The number of fused-ring (bicyclic) bond motifs is 2. The first-order chi connectivity index (χ1) is 37.7. The van der Waals surface area contributed by atoms with Gasteiger partial charge in [0.1, 0.15) is 0 Å². The quantitative estimate of drug-likeness (QED) is 0.0341. The number of carbonyl (C=O) groups excluding carboxylic acids is 2. The van der Waals surface area contributed by atoms with Gasteiger partial charge in [-0.3, -0.25) is 9.59 Å². The Labute approximate surface area is 483 Å². The highest BCUT2D eigenvalue weighted by Crippen LogP contribution is 2.49. The molecule has 7 N–H and O–H groups in total. The minimum absolute atomic E-state index is 0.0108. The number of sulfonamides is 2. The summed E-state index contributed by atoms with van der Waals surface area (Å²) in [5.74, 6) is -2.42. The molecule has 1 saturated carbocycles. The largest absolute Gasteiger partial charge is 0.387 e. The Hall–Kier alpha value is -2.86. The molecule has 1 saturated heterocycles. The van der Waals surface area contributed by atoms with Gasteiger partial charge in [0, 0.05) is 79.6 Å². The topological polar surface area (TPSA) is 273 Å². The van der Waals surface area contributed by atoms with Gasteiger partial charge in [0.2, 0.25) is 20.0 Å². The molecule has 8 atom stereocenters. The van der Waals surface area contributed by atoms with E-state index in [9.17, 15) is 41.7 Å². The monoisotopic (exact) mass is 1230 g/mol. The number of ether oxygens (including phenoxy) is 6. The van der Waals surface area contributed by atoms with Gasteiger partial charge in [0.25, 0.3) is 11.8 Å². The third-order valence-electron chi connectivity index (χ3n) is 13.8. The van der Waals surface area contributed by atoms with Crippen molar-refractivity contribution >= 4 is 78.3 Å². The molecule has 79 heavy (non-hydrogen) atoms. The average Bonchev–Trinajstić information content (AvgIpc) is 3.44. The number of likely N-dealkylation sites (tertiary alicyclic amines) is 1. The van der Waals surface area contributed by atoms with E-state index >= 15 is 0 Å². The molecule has 0 radical (unpaired) electrons. The van der Waals surface area contributed by atoms with Crippen LogP contribution < -0.4 is 20.1 Å². The van der Waals surface area contributed by atoms with Crippen LogP contribution in [0.4, 0.5) is 0 Å². The maximum absolute atomic E-state index is 13.2. The molecule has 1 aliphatic carbocycles. The summed E-state index contributed by atoms with van der Waals surface area (Å²) < 4.78 is 90.5. The summed E-state index contributed by atoms with van der Waals surface area (Å²) in [6.07, 6.45) is -2.97. The van der Waals surface area contributed by atoms with Gasteiger partial charge in [-0.15, -0.1) is 23.2 Å². The zero-order valence-corrected chi connectivity index (χ0v) is 49.0. The van der Waals surface area contributed by atoms with Gasteiger partial charge < -0.3 is 64.2 Å². The molecule has 2 heterocycles. The van der Waals surface area contributed by atoms with Crippen molar-refractivity contribution in [3.63, 3.8) is 0 Å². The van der Waals surface area contributed by atoms with Gasteiger partial charge >= 0.3 is 0 Å². The number of carbonyl (C=O) groups is 2. The standard InChI is InChI=1S/C52H74Cl4N6O15S2/c1-61-31-42(41-27-37(53)29-46(55)44(41)33-61)35-5-3-7-39(25-35)78(68,69)59-11-15-74-19-23-76-21-17-72-13-9-57-50(65)48(63)49(64)51(66)58-10-14-73-18-22-77-24-20-75-16-12-60-79(70,71)40-8-4-6-36(26-40)43-32-62(2)34-52(67)45(43)28-38(54)30-47(52)56/h3-8,25-27,29,38,42-43,45,47-49,59-60,63-64,67H,9-24,28,30-34H2,1-2H3,(H,57,65)(H,58,66). The fourth-order valence-electron chi connectivity index (χ4n) is 9.94. The molecular formula is C52H74Cl4N6O15S2. The number of hydrogen-bond acceptors (Lipinski definition) is 17. The molecule has 3 aromatic carbocycles. The number of piperidine rings is 1. The van der Waals surface area contributed by atoms with Crippen LogP contribution >= 0.6 is 46.4 Å². The lowest BCUT2D eigenvalue weighted by atomic mass is 9.64. The van der Waals surface area contributed by atoms with Crippen LogP contribution in [0, 0.1) is 5.92 Å². The van der Waals surface area contributed by atoms with Crippen molar-refractivity contribution in [3.8, 4) is 0 Å². The van der Waals surface area contributed by atoms with E-state index in [0.717, 1.165) is 22.3 Å². The second-order valence-electron chi connectivity index (χ2n) is 19.7. The van der Waals surface area contributed by atoms with E-state index in [4.69, 9.17) is 74.8 Å². The first-order valence-corrected chi connectivity index (χ1v) is 30.7. The number of nitrogens with zero attached hydrogens (tertiary/aromatic N) is 2. The highest BCUT2D eigenvalue weighted by molar-refractivity contribution is 7.89. The molecule has 21 nitrogen and oxygen atoms in total. The fraction of sp³-hybridized carbons (Fsp3) is 0.615. The highest BCUT2D eigenvalue weighted by atomic mass is 35.5. The van der Waals surface area contributed by atoms with Crippen molar-refractivity contribution in [1.29, 1.82) is 0 Å². The number of aliphatic hydroxyl groups excluding tert-OH is 2. The Balaban J connectivity index is 0.717. The lowest BCUT2D eigenvalue weighted by Crippen LogP contribution is -2.63. The maximum atomic E-state index is 13.2. The van der Waals surface area contributed by atoms with E-state index in [1.807, 2.05) is 37.2 Å². The van der Waals surface area contributed by atoms with E-state index in [0.29, 0.717) is 49.1 Å². The molecule has 6 rings (SSSR count). The van der Waals surface area contributed by atoms with Crippen LogP contribution in [0.5, 0.6) is 0 Å². The molecule has 442 valence electrons. The summed E-state index contributed by atoms with van der Waals surface area (Å²) in [7, 11) is -3.78. The number of nitrogens with one attached hydrogen (secondary N) is 4. The highest BCUT2D eigenvalue weighted by Gasteiger charge is 2.54. The van der Waals surface area contributed by atoms with Crippen molar-refractivity contribution in [1.82, 2.24) is 29.9 Å².